The van der Waals surface area contributed by atoms with Crippen LogP contribution in [0.25, 0.3) is 0 Å². The third-order valence-corrected chi connectivity index (χ3v) is 2.94. The zero-order valence-corrected chi connectivity index (χ0v) is 7.88. The van der Waals surface area contributed by atoms with Crippen LogP contribution in [0.1, 0.15) is 38.5 Å². The molecule has 2 fully saturated rings. The second-order valence-corrected chi connectivity index (χ2v) is 4.11. The van der Waals surface area contributed by atoms with Gasteiger partial charge in [-0.25, -0.2) is 0 Å². The van der Waals surface area contributed by atoms with Gasteiger partial charge in [0.05, 0.1) is 12.2 Å². The van der Waals surface area contributed by atoms with Crippen LogP contribution in [0.3, 0.4) is 0 Å². The Morgan fingerprint density at radius 2 is 1.92 bits per heavy atom. The molecule has 0 aromatic heterocycles. The smallest absolute Gasteiger partial charge is 0.0593 e. The molecule has 2 unspecified atom stereocenters. The Bertz CT molecular complexity index is 145. The molecule has 2 rings (SSSR count). The maximum Gasteiger partial charge on any atom is 0.0593 e. The molecule has 2 aliphatic rings. The summed E-state index contributed by atoms with van der Waals surface area (Å²) in [5, 5.41) is 3.35. The highest BCUT2D eigenvalue weighted by Gasteiger charge is 2.29. The van der Waals surface area contributed by atoms with E-state index in [1.165, 1.54) is 38.5 Å². The van der Waals surface area contributed by atoms with E-state index in [1.807, 2.05) is 0 Å². The Morgan fingerprint density at radius 3 is 2.58 bits per heavy atom. The van der Waals surface area contributed by atoms with Crippen LogP contribution in [0.4, 0.5) is 0 Å². The van der Waals surface area contributed by atoms with Crippen LogP contribution in [0.5, 0.6) is 0 Å². The topological polar surface area (TPSA) is 21.3 Å². The van der Waals surface area contributed by atoms with E-state index >= 15 is 0 Å². The number of ether oxygens (including phenoxy) is 1. The van der Waals surface area contributed by atoms with E-state index < -0.39 is 0 Å². The van der Waals surface area contributed by atoms with Crippen molar-refractivity contribution in [1.82, 2.24) is 5.32 Å². The van der Waals surface area contributed by atoms with Crippen molar-refractivity contribution < 1.29 is 4.74 Å². The van der Waals surface area contributed by atoms with Crippen LogP contribution in [0.2, 0.25) is 0 Å². The summed E-state index contributed by atoms with van der Waals surface area (Å²) in [4.78, 5) is 0. The molecule has 0 aliphatic heterocycles. The van der Waals surface area contributed by atoms with Gasteiger partial charge in [-0.15, -0.1) is 0 Å². The second-order valence-electron chi connectivity index (χ2n) is 4.11. The summed E-state index contributed by atoms with van der Waals surface area (Å²) in [6, 6.07) is 0.711. The Balaban J connectivity index is 1.73. The Hall–Kier alpha value is -0.0800. The molecular formula is C10H19NO. The molecule has 0 bridgehead atoms. The average molecular weight is 169 g/mol. The monoisotopic (exact) mass is 169 g/mol. The van der Waals surface area contributed by atoms with Crippen molar-refractivity contribution >= 4 is 0 Å². The summed E-state index contributed by atoms with van der Waals surface area (Å²) in [5.74, 6) is 0. The normalized spacial score (nSPS) is 36.8. The molecule has 2 atom stereocenters. The molecule has 0 saturated heterocycles. The van der Waals surface area contributed by atoms with Crippen molar-refractivity contribution in [2.24, 2.45) is 0 Å². The maximum atomic E-state index is 5.89. The summed E-state index contributed by atoms with van der Waals surface area (Å²) in [5.41, 5.74) is 0. The molecule has 2 heteroatoms. The highest BCUT2D eigenvalue weighted by Crippen LogP contribution is 2.30. The van der Waals surface area contributed by atoms with Crippen molar-refractivity contribution in [2.45, 2.75) is 56.8 Å². The van der Waals surface area contributed by atoms with E-state index in [0.29, 0.717) is 18.2 Å². The van der Waals surface area contributed by atoms with Crippen molar-refractivity contribution in [3.05, 3.63) is 0 Å². The first kappa shape index (κ1) is 8.52. The Labute approximate surface area is 74.7 Å². The van der Waals surface area contributed by atoms with E-state index in [-0.39, 0.29) is 0 Å². The lowest BCUT2D eigenvalue weighted by Crippen LogP contribution is -2.35. The lowest BCUT2D eigenvalue weighted by Gasteiger charge is -2.28. The Morgan fingerprint density at radius 1 is 1.08 bits per heavy atom. The molecule has 0 aromatic carbocycles. The van der Waals surface area contributed by atoms with Gasteiger partial charge in [-0.3, -0.25) is 0 Å². The minimum Gasteiger partial charge on any atom is -0.375 e. The van der Waals surface area contributed by atoms with Gasteiger partial charge >= 0.3 is 0 Å². The van der Waals surface area contributed by atoms with Gasteiger partial charge in [0.2, 0.25) is 0 Å². The fourth-order valence-electron chi connectivity index (χ4n) is 2.01. The first-order chi connectivity index (χ1) is 5.88. The maximum absolute atomic E-state index is 5.89. The summed E-state index contributed by atoms with van der Waals surface area (Å²) in [6.07, 6.45) is 8.99. The average Bonchev–Trinajstić information content (AvgIpc) is 2.89. The largest absolute Gasteiger partial charge is 0.375 e. The predicted molar refractivity (Wildman–Crippen MR) is 49.2 cm³/mol. The number of hydrogen-bond donors (Lipinski definition) is 1. The molecule has 1 N–H and O–H groups in total. The van der Waals surface area contributed by atoms with Crippen LogP contribution in [0.15, 0.2) is 0 Å². The second kappa shape index (κ2) is 3.75. The molecule has 2 nitrogen and oxygen atoms in total. The third kappa shape index (κ3) is 2.20. The SMILES string of the molecule is CNC1CCCC(OC2CC2)C1. The zero-order valence-electron chi connectivity index (χ0n) is 7.88. The quantitative estimate of drug-likeness (QED) is 0.694. The molecule has 0 spiro atoms. The van der Waals surface area contributed by atoms with Crippen molar-refractivity contribution in [2.75, 3.05) is 7.05 Å². The van der Waals surface area contributed by atoms with Crippen molar-refractivity contribution in [1.29, 1.82) is 0 Å². The fraction of sp³-hybridized carbons (Fsp3) is 1.00. The molecule has 0 amide bonds. The molecular weight excluding hydrogens is 150 g/mol. The van der Waals surface area contributed by atoms with Gasteiger partial charge in [0, 0.05) is 6.04 Å². The van der Waals surface area contributed by atoms with Gasteiger partial charge in [0.1, 0.15) is 0 Å². The summed E-state index contributed by atoms with van der Waals surface area (Å²) < 4.78 is 5.89. The van der Waals surface area contributed by atoms with Gasteiger partial charge in [-0.1, -0.05) is 0 Å². The molecule has 12 heavy (non-hydrogen) atoms. The van der Waals surface area contributed by atoms with E-state index in [2.05, 4.69) is 12.4 Å². The van der Waals surface area contributed by atoms with Crippen LogP contribution >= 0.6 is 0 Å². The van der Waals surface area contributed by atoms with E-state index in [9.17, 15) is 0 Å². The summed E-state index contributed by atoms with van der Waals surface area (Å²) >= 11 is 0. The lowest BCUT2D eigenvalue weighted by atomic mass is 9.93. The van der Waals surface area contributed by atoms with Crippen molar-refractivity contribution in [3.8, 4) is 0 Å². The van der Waals surface area contributed by atoms with Crippen LogP contribution < -0.4 is 5.32 Å². The van der Waals surface area contributed by atoms with Gasteiger partial charge < -0.3 is 10.1 Å². The lowest BCUT2D eigenvalue weighted by molar-refractivity contribution is 0.00897. The third-order valence-electron chi connectivity index (χ3n) is 2.94. The fourth-order valence-corrected chi connectivity index (χ4v) is 2.01. The standard InChI is InChI=1S/C10H19NO/c1-11-8-3-2-4-10(7-8)12-9-5-6-9/h8-11H,2-7H2,1H3. The van der Waals surface area contributed by atoms with Crippen molar-refractivity contribution in [3.63, 3.8) is 0 Å². The molecule has 0 aromatic rings. The van der Waals surface area contributed by atoms with Crippen LogP contribution in [-0.2, 0) is 4.74 Å². The predicted octanol–water partition coefficient (Wildman–Crippen LogP) is 1.70. The highest BCUT2D eigenvalue weighted by atomic mass is 16.5. The highest BCUT2D eigenvalue weighted by molar-refractivity contribution is 4.81. The van der Waals surface area contributed by atoms with Gasteiger partial charge in [-0.05, 0) is 45.6 Å². The van der Waals surface area contributed by atoms with E-state index in [1.54, 1.807) is 0 Å². The molecule has 0 radical (unpaired) electrons. The molecule has 2 aliphatic carbocycles. The molecule has 2 saturated carbocycles. The minimum absolute atomic E-state index is 0.559. The van der Waals surface area contributed by atoms with Gasteiger partial charge in [0.25, 0.3) is 0 Å². The van der Waals surface area contributed by atoms with Crippen LogP contribution in [-0.4, -0.2) is 25.3 Å². The number of nitrogens with one attached hydrogen (secondary N) is 1. The first-order valence-electron chi connectivity index (χ1n) is 5.21. The van der Waals surface area contributed by atoms with Gasteiger partial charge in [0.15, 0.2) is 0 Å². The van der Waals surface area contributed by atoms with E-state index in [0.717, 1.165) is 0 Å². The molecule has 70 valence electrons. The summed E-state index contributed by atoms with van der Waals surface area (Å²) in [7, 11) is 2.06. The number of rotatable bonds is 3. The molecule has 0 heterocycles. The van der Waals surface area contributed by atoms with Gasteiger partial charge in [-0.2, -0.15) is 0 Å². The van der Waals surface area contributed by atoms with Crippen LogP contribution in [0, 0.1) is 0 Å². The number of hydrogen-bond acceptors (Lipinski definition) is 2. The van der Waals surface area contributed by atoms with E-state index in [4.69, 9.17) is 4.74 Å². The Kier molecular flexibility index (Phi) is 2.66. The minimum atomic E-state index is 0.559. The summed E-state index contributed by atoms with van der Waals surface area (Å²) in [6.45, 7) is 0. The zero-order chi connectivity index (χ0) is 8.39. The first-order valence-corrected chi connectivity index (χ1v) is 5.21.